The summed E-state index contributed by atoms with van der Waals surface area (Å²) >= 11 is 7.05. The lowest BCUT2D eigenvalue weighted by Gasteiger charge is -2.28. The number of hydrogen-bond donors (Lipinski definition) is 1. The lowest BCUT2D eigenvalue weighted by atomic mass is 9.91. The highest BCUT2D eigenvalue weighted by molar-refractivity contribution is 7.91. The van der Waals surface area contributed by atoms with Crippen molar-refractivity contribution in [3.8, 4) is 0 Å². The van der Waals surface area contributed by atoms with E-state index in [1.54, 1.807) is 13.8 Å². The summed E-state index contributed by atoms with van der Waals surface area (Å²) in [4.78, 5) is 30.5. The van der Waals surface area contributed by atoms with Crippen molar-refractivity contribution in [2.75, 3.05) is 18.5 Å². The maximum Gasteiger partial charge on any atom is 0.252 e. The lowest BCUT2D eigenvalue weighted by Crippen LogP contribution is -2.36. The van der Waals surface area contributed by atoms with Gasteiger partial charge in [-0.05, 0) is 51.2 Å². The minimum atomic E-state index is -3.95. The number of nitrogens with zero attached hydrogens (tertiary/aromatic N) is 2. The van der Waals surface area contributed by atoms with E-state index in [1.165, 1.54) is 29.2 Å². The first-order chi connectivity index (χ1) is 16.2. The van der Waals surface area contributed by atoms with Gasteiger partial charge in [-0.15, -0.1) is 0 Å². The van der Waals surface area contributed by atoms with E-state index in [2.05, 4.69) is 10.3 Å². The predicted octanol–water partition coefficient (Wildman–Crippen LogP) is 4.00. The second-order valence-corrected chi connectivity index (χ2v) is 11.7. The standard InChI is InChI=1S/C22H24ClN3O6S2/c1-13-9-16(34(29,30)18-5-8-32-14(18)2)11-20(27)26(13)17(10-15-3-6-31-7-4-15)21(28)25-22-24-12-19(23)33-22/h5,8-9,11-12,15,17H,3-4,6-7,10H2,1-2H3,(H,24,25,28)/t17-/m1/s1. The summed E-state index contributed by atoms with van der Waals surface area (Å²) in [6.07, 6.45) is 4.67. The van der Waals surface area contributed by atoms with Crippen molar-refractivity contribution in [3.05, 3.63) is 56.8 Å². The van der Waals surface area contributed by atoms with E-state index in [0.29, 0.717) is 34.8 Å². The molecule has 1 fully saturated rings. The first kappa shape index (κ1) is 24.6. The van der Waals surface area contributed by atoms with Crippen LogP contribution in [0.4, 0.5) is 5.13 Å². The van der Waals surface area contributed by atoms with Crippen LogP contribution in [0, 0.1) is 19.8 Å². The molecule has 1 saturated heterocycles. The van der Waals surface area contributed by atoms with Crippen LogP contribution in [0.1, 0.15) is 36.8 Å². The fraction of sp³-hybridized carbons (Fsp3) is 0.409. The van der Waals surface area contributed by atoms with Crippen LogP contribution in [0.5, 0.6) is 0 Å². The van der Waals surface area contributed by atoms with Crippen LogP contribution in [0.25, 0.3) is 0 Å². The van der Waals surface area contributed by atoms with Crippen LogP contribution in [-0.2, 0) is 19.4 Å². The number of anilines is 1. The zero-order chi connectivity index (χ0) is 24.5. The second kappa shape index (κ2) is 10.0. The van der Waals surface area contributed by atoms with Gasteiger partial charge in [0.2, 0.25) is 15.7 Å². The zero-order valence-corrected chi connectivity index (χ0v) is 21.0. The molecule has 12 heteroatoms. The molecule has 182 valence electrons. The number of thiazole rings is 1. The number of furan rings is 1. The molecule has 0 aromatic carbocycles. The molecule has 3 aromatic rings. The third kappa shape index (κ3) is 5.12. The van der Waals surface area contributed by atoms with Crippen molar-refractivity contribution >= 4 is 43.8 Å². The van der Waals surface area contributed by atoms with Gasteiger partial charge in [0.05, 0.1) is 17.4 Å². The summed E-state index contributed by atoms with van der Waals surface area (Å²) < 4.78 is 38.5. The van der Waals surface area contributed by atoms with Crippen LogP contribution in [0.2, 0.25) is 4.34 Å². The average molecular weight is 526 g/mol. The molecule has 4 rings (SSSR count). The van der Waals surface area contributed by atoms with E-state index < -0.39 is 27.3 Å². The molecular formula is C22H24ClN3O6S2. The number of carbonyl (C=O) groups excluding carboxylic acids is 1. The van der Waals surface area contributed by atoms with Gasteiger partial charge in [-0.1, -0.05) is 22.9 Å². The number of pyridine rings is 1. The largest absolute Gasteiger partial charge is 0.468 e. The van der Waals surface area contributed by atoms with Crippen molar-refractivity contribution in [2.45, 2.75) is 48.9 Å². The highest BCUT2D eigenvalue weighted by atomic mass is 35.5. The Morgan fingerprint density at radius 1 is 1.32 bits per heavy atom. The third-order valence-electron chi connectivity index (χ3n) is 5.86. The zero-order valence-electron chi connectivity index (χ0n) is 18.6. The van der Waals surface area contributed by atoms with Gasteiger partial charge in [0.25, 0.3) is 5.56 Å². The van der Waals surface area contributed by atoms with Crippen molar-refractivity contribution in [1.82, 2.24) is 9.55 Å². The van der Waals surface area contributed by atoms with E-state index in [9.17, 15) is 18.0 Å². The first-order valence-electron chi connectivity index (χ1n) is 10.7. The summed E-state index contributed by atoms with van der Waals surface area (Å²) in [6.45, 7) is 4.35. The minimum absolute atomic E-state index is 0.00111. The lowest BCUT2D eigenvalue weighted by molar-refractivity contribution is -0.120. The molecule has 4 heterocycles. The fourth-order valence-electron chi connectivity index (χ4n) is 4.14. The van der Waals surface area contributed by atoms with E-state index in [4.69, 9.17) is 20.8 Å². The Bertz CT molecular complexity index is 1350. The van der Waals surface area contributed by atoms with Crippen LogP contribution in [0.3, 0.4) is 0 Å². The Hall–Kier alpha value is -2.47. The molecule has 34 heavy (non-hydrogen) atoms. The Balaban J connectivity index is 1.72. The Labute approximate surface area is 205 Å². The van der Waals surface area contributed by atoms with Crippen molar-refractivity contribution < 1.29 is 22.4 Å². The summed E-state index contributed by atoms with van der Waals surface area (Å²) in [7, 11) is -3.95. The number of amides is 1. The van der Waals surface area contributed by atoms with E-state index in [-0.39, 0.29) is 21.5 Å². The van der Waals surface area contributed by atoms with Gasteiger partial charge in [-0.25, -0.2) is 13.4 Å². The number of carbonyl (C=O) groups is 1. The van der Waals surface area contributed by atoms with Crippen LogP contribution in [0.15, 0.2) is 49.7 Å². The number of aryl methyl sites for hydroxylation is 2. The van der Waals surface area contributed by atoms with Gasteiger partial charge in [-0.2, -0.15) is 0 Å². The number of sulfone groups is 1. The normalized spacial score (nSPS) is 15.9. The van der Waals surface area contributed by atoms with Gasteiger partial charge in [0, 0.05) is 25.0 Å². The highest BCUT2D eigenvalue weighted by Crippen LogP contribution is 2.30. The number of hydrogen-bond acceptors (Lipinski definition) is 8. The molecule has 3 aromatic heterocycles. The molecule has 1 aliphatic rings. The van der Waals surface area contributed by atoms with Crippen LogP contribution >= 0.6 is 22.9 Å². The smallest absolute Gasteiger partial charge is 0.252 e. The third-order valence-corrected chi connectivity index (χ3v) is 8.75. The molecule has 0 spiro atoms. The van der Waals surface area contributed by atoms with Gasteiger partial charge < -0.3 is 19.0 Å². The predicted molar refractivity (Wildman–Crippen MR) is 127 cm³/mol. The number of ether oxygens (including phenoxy) is 1. The quantitative estimate of drug-likeness (QED) is 0.495. The SMILES string of the molecule is Cc1occc1S(=O)(=O)c1cc(C)n([C@H](CC2CCOCC2)C(=O)Nc2ncc(Cl)s2)c(=O)c1. The molecule has 1 aliphatic heterocycles. The molecule has 1 atom stereocenters. The Morgan fingerprint density at radius 3 is 2.65 bits per heavy atom. The molecule has 9 nitrogen and oxygen atoms in total. The molecule has 0 unspecified atom stereocenters. The molecule has 1 amide bonds. The van der Waals surface area contributed by atoms with Crippen molar-refractivity contribution in [2.24, 2.45) is 5.92 Å². The maximum absolute atomic E-state index is 13.3. The van der Waals surface area contributed by atoms with Gasteiger partial charge in [0.1, 0.15) is 21.0 Å². The van der Waals surface area contributed by atoms with Gasteiger partial charge >= 0.3 is 0 Å². The summed E-state index contributed by atoms with van der Waals surface area (Å²) in [6, 6.07) is 2.96. The monoisotopic (exact) mass is 525 g/mol. The van der Waals surface area contributed by atoms with Gasteiger partial charge in [0.15, 0.2) is 5.13 Å². The number of halogens is 1. The van der Waals surface area contributed by atoms with Crippen LogP contribution in [-0.4, -0.2) is 37.1 Å². The first-order valence-corrected chi connectivity index (χ1v) is 13.4. The summed E-state index contributed by atoms with van der Waals surface area (Å²) in [5.41, 5.74) is -0.222. The molecule has 0 saturated carbocycles. The number of rotatable bonds is 7. The van der Waals surface area contributed by atoms with Crippen molar-refractivity contribution in [1.29, 1.82) is 0 Å². The Morgan fingerprint density at radius 2 is 2.06 bits per heavy atom. The minimum Gasteiger partial charge on any atom is -0.468 e. The highest BCUT2D eigenvalue weighted by Gasteiger charge is 2.30. The van der Waals surface area contributed by atoms with Crippen molar-refractivity contribution in [3.63, 3.8) is 0 Å². The second-order valence-electron chi connectivity index (χ2n) is 8.15. The van der Waals surface area contributed by atoms with Crippen LogP contribution < -0.4 is 10.9 Å². The average Bonchev–Trinajstić information content (AvgIpc) is 3.41. The molecular weight excluding hydrogens is 502 g/mol. The number of nitrogens with one attached hydrogen (secondary N) is 1. The summed E-state index contributed by atoms with van der Waals surface area (Å²) in [5, 5.41) is 3.07. The Kier molecular flexibility index (Phi) is 7.27. The molecule has 1 N–H and O–H groups in total. The fourth-order valence-corrected chi connectivity index (χ4v) is 6.46. The molecule has 0 radical (unpaired) electrons. The summed E-state index contributed by atoms with van der Waals surface area (Å²) in [5.74, 6) is -0.00243. The van der Waals surface area contributed by atoms with E-state index in [0.717, 1.165) is 30.2 Å². The molecule has 0 aliphatic carbocycles. The maximum atomic E-state index is 13.3. The van der Waals surface area contributed by atoms with Gasteiger partial charge in [-0.3, -0.25) is 9.59 Å². The molecule has 0 bridgehead atoms. The number of aromatic nitrogens is 2. The topological polar surface area (TPSA) is 120 Å². The van der Waals surface area contributed by atoms with E-state index in [1.807, 2.05) is 0 Å². The van der Waals surface area contributed by atoms with E-state index >= 15 is 0 Å².